The van der Waals surface area contributed by atoms with Gasteiger partial charge in [0.1, 0.15) is 17.4 Å². The van der Waals surface area contributed by atoms with E-state index < -0.39 is 25.2 Å². The minimum absolute atomic E-state index is 0.00647. The van der Waals surface area contributed by atoms with E-state index in [2.05, 4.69) is 35.7 Å². The molecule has 14 heteroatoms. The van der Waals surface area contributed by atoms with Gasteiger partial charge in [-0.3, -0.25) is 4.90 Å². The van der Waals surface area contributed by atoms with Crippen LogP contribution in [-0.4, -0.2) is 81.5 Å². The van der Waals surface area contributed by atoms with Crippen molar-refractivity contribution in [2.75, 3.05) is 49.2 Å². The van der Waals surface area contributed by atoms with Crippen molar-refractivity contribution in [3.05, 3.63) is 24.4 Å². The van der Waals surface area contributed by atoms with Crippen LogP contribution in [0.1, 0.15) is 19.3 Å². The minimum atomic E-state index is -2.59. The summed E-state index contributed by atoms with van der Waals surface area (Å²) in [7, 11) is 0. The predicted octanol–water partition coefficient (Wildman–Crippen LogP) is 3.72. The highest BCUT2D eigenvalue weighted by Gasteiger charge is 2.55. The van der Waals surface area contributed by atoms with E-state index in [4.69, 9.17) is 16.0 Å². The Balaban J connectivity index is 1.20. The van der Waals surface area contributed by atoms with Gasteiger partial charge in [0, 0.05) is 24.8 Å². The van der Waals surface area contributed by atoms with E-state index in [9.17, 15) is 8.78 Å². The fourth-order valence-corrected chi connectivity index (χ4v) is 5.56. The predicted molar refractivity (Wildman–Crippen MR) is 135 cm³/mol. The Morgan fingerprint density at radius 3 is 2.68 bits per heavy atom. The monoisotopic (exact) mass is 530 g/mol. The smallest absolute Gasteiger partial charge is 0.255 e. The van der Waals surface area contributed by atoms with Crippen LogP contribution < -0.4 is 16.4 Å². The molecule has 2 atom stereocenters. The van der Waals surface area contributed by atoms with Crippen LogP contribution >= 0.6 is 0 Å². The normalized spacial score (nSPS) is 23.4. The number of halogens is 3. The number of rotatable bonds is 9. The number of nitrogen functional groups attached to an aromatic ring is 1. The van der Waals surface area contributed by atoms with Crippen molar-refractivity contribution in [2.24, 2.45) is 11.0 Å². The van der Waals surface area contributed by atoms with Crippen LogP contribution in [-0.2, 0) is 4.74 Å². The van der Waals surface area contributed by atoms with Gasteiger partial charge in [0.15, 0.2) is 11.6 Å². The second kappa shape index (κ2) is 9.66. The first-order chi connectivity index (χ1) is 18.4. The molecule has 202 valence electrons. The summed E-state index contributed by atoms with van der Waals surface area (Å²) in [6.45, 7) is 1.87. The Morgan fingerprint density at radius 1 is 1.21 bits per heavy atom. The van der Waals surface area contributed by atoms with Gasteiger partial charge in [-0.25, -0.2) is 28.2 Å². The molecule has 0 unspecified atom stereocenters. The second-order valence-electron chi connectivity index (χ2n) is 10.2. The molecule has 0 bridgehead atoms. The maximum absolute atomic E-state index is 15.3. The first kappa shape index (κ1) is 24.8. The Hall–Kier alpha value is -3.52. The Bertz CT molecular complexity index is 1340. The zero-order chi connectivity index (χ0) is 26.4. The Kier molecular flexibility index (Phi) is 6.30. The number of nitrogens with zero attached hydrogens (tertiary/aromatic N) is 6. The van der Waals surface area contributed by atoms with Crippen LogP contribution in [0, 0.1) is 11.4 Å². The van der Waals surface area contributed by atoms with Gasteiger partial charge in [-0.05, 0) is 43.4 Å². The molecular formula is C24H29F3N10O. The van der Waals surface area contributed by atoms with E-state index in [0.29, 0.717) is 48.9 Å². The molecule has 3 aliphatic rings. The third-order valence-electron chi connectivity index (χ3n) is 7.76. The zero-order valence-electron chi connectivity index (χ0n) is 20.6. The van der Waals surface area contributed by atoms with E-state index in [1.165, 1.54) is 23.4 Å². The van der Waals surface area contributed by atoms with Gasteiger partial charge < -0.3 is 21.1 Å². The first-order valence-electron chi connectivity index (χ1n) is 12.7. The molecule has 1 aliphatic carbocycles. The number of pyridine rings is 1. The van der Waals surface area contributed by atoms with Gasteiger partial charge in [0.25, 0.3) is 6.43 Å². The number of nitrogens with one attached hydrogen (secondary N) is 3. The number of nitrogens with two attached hydrogens (primary N) is 1. The van der Waals surface area contributed by atoms with Gasteiger partial charge in [0.2, 0.25) is 5.95 Å². The van der Waals surface area contributed by atoms with Crippen molar-refractivity contribution in [3.63, 3.8) is 0 Å². The van der Waals surface area contributed by atoms with E-state index in [0.717, 1.165) is 6.54 Å². The van der Waals surface area contributed by atoms with Crippen LogP contribution in [0.4, 0.5) is 36.4 Å². The number of aromatic nitrogens is 4. The summed E-state index contributed by atoms with van der Waals surface area (Å²) in [5.41, 5.74) is 15.2. The molecule has 5 N–H and O–H groups in total. The van der Waals surface area contributed by atoms with Crippen molar-refractivity contribution in [3.8, 4) is 11.3 Å². The molecular weight excluding hydrogens is 501 g/mol. The summed E-state index contributed by atoms with van der Waals surface area (Å²) in [5.74, 6) is 1.06. The molecule has 0 spiro atoms. The Labute approximate surface area is 216 Å². The number of ether oxygens (including phenoxy) is 1. The van der Waals surface area contributed by atoms with E-state index in [-0.39, 0.29) is 28.8 Å². The quantitative estimate of drug-likeness (QED) is 0.307. The molecule has 2 saturated heterocycles. The Morgan fingerprint density at radius 2 is 2.03 bits per heavy atom. The highest BCUT2D eigenvalue weighted by atomic mass is 19.3. The van der Waals surface area contributed by atoms with Crippen LogP contribution in [0.25, 0.3) is 16.8 Å². The van der Waals surface area contributed by atoms with E-state index in [1.54, 1.807) is 18.3 Å². The lowest BCUT2D eigenvalue weighted by Crippen LogP contribution is -2.67. The molecule has 38 heavy (non-hydrogen) atoms. The highest BCUT2D eigenvalue weighted by molar-refractivity contribution is 5.87. The summed E-state index contributed by atoms with van der Waals surface area (Å²) in [4.78, 5) is 11.0. The van der Waals surface area contributed by atoms with Gasteiger partial charge in [-0.1, -0.05) is 0 Å². The first-order valence-corrected chi connectivity index (χ1v) is 12.7. The number of anilines is 3. The summed E-state index contributed by atoms with van der Waals surface area (Å²) < 4.78 is 47.7. The molecule has 3 aromatic heterocycles. The SMILES string of the molecule is N=Nc1ccc(-c2ccn3nc(N[C@H]4CCN(C5(C6CC6)COC5)C[C@H]4F)nc(N)c23)nc1NCC(F)F. The van der Waals surface area contributed by atoms with Crippen LogP contribution in [0.5, 0.6) is 0 Å². The molecule has 0 aromatic carbocycles. The van der Waals surface area contributed by atoms with Crippen molar-refractivity contribution in [1.29, 1.82) is 5.53 Å². The van der Waals surface area contributed by atoms with E-state index in [1.807, 2.05) is 0 Å². The molecule has 0 radical (unpaired) electrons. The summed E-state index contributed by atoms with van der Waals surface area (Å²) in [6.07, 6.45) is 0.988. The summed E-state index contributed by atoms with van der Waals surface area (Å²) in [6, 6.07) is 4.41. The third-order valence-corrected chi connectivity index (χ3v) is 7.76. The number of hydrogen-bond acceptors (Lipinski definition) is 10. The van der Waals surface area contributed by atoms with Crippen molar-refractivity contribution in [2.45, 2.75) is 43.4 Å². The van der Waals surface area contributed by atoms with Crippen LogP contribution in [0.2, 0.25) is 0 Å². The molecule has 2 aliphatic heterocycles. The molecule has 3 aromatic rings. The fourth-order valence-electron chi connectivity index (χ4n) is 5.56. The molecule has 6 rings (SSSR count). The molecule has 1 saturated carbocycles. The number of fused-ring (bicyclic) bond motifs is 1. The van der Waals surface area contributed by atoms with Gasteiger partial charge >= 0.3 is 0 Å². The molecule has 3 fully saturated rings. The topological polar surface area (TPSA) is 142 Å². The molecule has 0 amide bonds. The second-order valence-corrected chi connectivity index (χ2v) is 10.2. The third kappa shape index (κ3) is 4.41. The lowest BCUT2D eigenvalue weighted by Gasteiger charge is -2.53. The van der Waals surface area contributed by atoms with Gasteiger partial charge in [-0.15, -0.1) is 5.10 Å². The average Bonchev–Trinajstić information content (AvgIpc) is 3.61. The number of hydrogen-bond donors (Lipinski definition) is 4. The maximum atomic E-state index is 15.3. The minimum Gasteiger partial charge on any atom is -0.382 e. The van der Waals surface area contributed by atoms with Crippen molar-refractivity contribution >= 4 is 28.8 Å². The van der Waals surface area contributed by atoms with Crippen molar-refractivity contribution in [1.82, 2.24) is 24.5 Å². The van der Waals surface area contributed by atoms with Crippen molar-refractivity contribution < 1.29 is 17.9 Å². The number of likely N-dealkylation sites (tertiary alicyclic amines) is 1. The zero-order valence-corrected chi connectivity index (χ0v) is 20.6. The lowest BCUT2D eigenvalue weighted by atomic mass is 9.86. The molecule has 5 heterocycles. The summed E-state index contributed by atoms with van der Waals surface area (Å²) >= 11 is 0. The average molecular weight is 531 g/mol. The fraction of sp³-hybridized carbons (Fsp3) is 0.542. The van der Waals surface area contributed by atoms with E-state index >= 15 is 4.39 Å². The maximum Gasteiger partial charge on any atom is 0.255 e. The number of alkyl halides is 3. The van der Waals surface area contributed by atoms with Crippen LogP contribution in [0.3, 0.4) is 0 Å². The van der Waals surface area contributed by atoms with Gasteiger partial charge in [-0.2, -0.15) is 10.1 Å². The standard InChI is InChI=1S/C24H29F3N10O/c25-15-10-36(24(11-38-12-24)13-1-2-13)7-6-17(15)32-23-33-21(28)20-14(5-8-37(20)35-23)16-3-4-18(34-29)22(31-16)30-9-19(26)27/h3-5,8,13,15,17,19,29H,1-2,6-7,9-12H2,(H,30,31)(H3,28,32,33,35)/t15-,17+/m1/s1. The number of piperidine rings is 1. The largest absolute Gasteiger partial charge is 0.382 e. The van der Waals surface area contributed by atoms with Crippen LogP contribution in [0.15, 0.2) is 29.5 Å². The highest BCUT2D eigenvalue weighted by Crippen LogP contribution is 2.48. The molecule has 11 nitrogen and oxygen atoms in total. The van der Waals surface area contributed by atoms with Gasteiger partial charge in [0.05, 0.1) is 37.0 Å². The lowest BCUT2D eigenvalue weighted by molar-refractivity contribution is -0.163. The summed E-state index contributed by atoms with van der Waals surface area (Å²) in [5, 5.41) is 13.5.